The smallest absolute Gasteiger partial charge is 0.0395 e. The van der Waals surface area contributed by atoms with Gasteiger partial charge < -0.3 is 11.1 Å². The monoisotopic (exact) mass is 230 g/mol. The summed E-state index contributed by atoms with van der Waals surface area (Å²) in [6.45, 7) is 3.35. The van der Waals surface area contributed by atoms with Crippen LogP contribution in [0.3, 0.4) is 0 Å². The van der Waals surface area contributed by atoms with Crippen LogP contribution in [0, 0.1) is 6.92 Å². The van der Waals surface area contributed by atoms with E-state index in [1.54, 1.807) is 5.56 Å². The summed E-state index contributed by atoms with van der Waals surface area (Å²) < 4.78 is 0. The van der Waals surface area contributed by atoms with Crippen LogP contribution in [0.4, 0.5) is 5.69 Å². The van der Waals surface area contributed by atoms with Crippen molar-refractivity contribution < 1.29 is 0 Å². The highest BCUT2D eigenvalue weighted by molar-refractivity contribution is 5.61. The molecule has 92 valence electrons. The summed E-state index contributed by atoms with van der Waals surface area (Å²) in [6.07, 6.45) is 7.66. The number of nitrogens with two attached hydrogens (primary N) is 1. The molecule has 2 aliphatic rings. The van der Waals surface area contributed by atoms with Gasteiger partial charge in [0.05, 0.1) is 0 Å². The molecule has 1 fully saturated rings. The number of fused-ring (bicyclic) bond motifs is 1. The van der Waals surface area contributed by atoms with Crippen molar-refractivity contribution in [2.45, 2.75) is 51.5 Å². The Morgan fingerprint density at radius 2 is 2.06 bits per heavy atom. The predicted molar refractivity (Wildman–Crippen MR) is 72.2 cm³/mol. The maximum atomic E-state index is 6.35. The van der Waals surface area contributed by atoms with E-state index in [9.17, 15) is 0 Å². The zero-order chi connectivity index (χ0) is 11.8. The van der Waals surface area contributed by atoms with Crippen molar-refractivity contribution in [3.05, 3.63) is 28.3 Å². The first-order chi connectivity index (χ1) is 8.27. The third-order valence-corrected chi connectivity index (χ3v) is 4.44. The molecule has 1 aliphatic heterocycles. The molecule has 0 aromatic heterocycles. The average Bonchev–Trinajstić information content (AvgIpc) is 2.87. The molecule has 1 atom stereocenters. The normalized spacial score (nSPS) is 23.7. The number of hydrogen-bond donors (Lipinski definition) is 2. The summed E-state index contributed by atoms with van der Waals surface area (Å²) in [5.74, 6) is 0. The predicted octanol–water partition coefficient (Wildman–Crippen LogP) is 2.88. The number of rotatable bonds is 1. The van der Waals surface area contributed by atoms with Gasteiger partial charge in [-0.05, 0) is 74.2 Å². The fourth-order valence-corrected chi connectivity index (χ4v) is 3.40. The number of nitrogens with one attached hydrogen (secondary N) is 1. The van der Waals surface area contributed by atoms with Crippen LogP contribution in [-0.2, 0) is 12.8 Å². The Hall–Kier alpha value is -1.02. The number of anilines is 1. The first-order valence-electron chi connectivity index (χ1n) is 6.91. The fraction of sp³-hybridized carbons (Fsp3) is 0.600. The van der Waals surface area contributed by atoms with E-state index in [0.29, 0.717) is 6.04 Å². The second-order valence-corrected chi connectivity index (χ2v) is 5.50. The summed E-state index contributed by atoms with van der Waals surface area (Å²) in [6, 6.07) is 2.89. The van der Waals surface area contributed by atoms with Crippen LogP contribution in [0.5, 0.6) is 0 Å². The summed E-state index contributed by atoms with van der Waals surface area (Å²) in [5, 5.41) is 3.57. The molecule has 2 nitrogen and oxygen atoms in total. The van der Waals surface area contributed by atoms with Crippen LogP contribution in [0.15, 0.2) is 6.07 Å². The molecule has 2 heteroatoms. The number of hydrogen-bond acceptors (Lipinski definition) is 2. The van der Waals surface area contributed by atoms with Gasteiger partial charge in [0, 0.05) is 11.7 Å². The van der Waals surface area contributed by atoms with Crippen molar-refractivity contribution >= 4 is 5.69 Å². The second kappa shape index (κ2) is 4.34. The standard InChI is InChI=1S/C15H22N2/c1-10-12-6-3-2-5-11(12)9-13(15(10)16)14-7-4-8-17-14/h9,14,17H,2-8,16H2,1H3/t14-/m1/s1. The molecule has 0 bridgehead atoms. The van der Waals surface area contributed by atoms with Gasteiger partial charge in [0.25, 0.3) is 0 Å². The van der Waals surface area contributed by atoms with Crippen LogP contribution in [0.2, 0.25) is 0 Å². The van der Waals surface area contributed by atoms with E-state index in [4.69, 9.17) is 5.73 Å². The third-order valence-electron chi connectivity index (χ3n) is 4.44. The Balaban J connectivity index is 2.06. The summed E-state index contributed by atoms with van der Waals surface area (Å²) in [7, 11) is 0. The Labute approximate surface area is 104 Å². The minimum absolute atomic E-state index is 0.501. The van der Waals surface area contributed by atoms with Gasteiger partial charge in [0.15, 0.2) is 0 Å². The van der Waals surface area contributed by atoms with Crippen molar-refractivity contribution in [2.24, 2.45) is 0 Å². The van der Waals surface area contributed by atoms with Gasteiger partial charge in [-0.1, -0.05) is 6.07 Å². The van der Waals surface area contributed by atoms with Crippen molar-refractivity contribution in [3.63, 3.8) is 0 Å². The topological polar surface area (TPSA) is 38.0 Å². The molecule has 0 unspecified atom stereocenters. The van der Waals surface area contributed by atoms with Crippen molar-refractivity contribution in [1.29, 1.82) is 0 Å². The first kappa shape index (κ1) is 11.1. The number of aryl methyl sites for hydroxylation is 1. The molecule has 0 saturated carbocycles. The first-order valence-corrected chi connectivity index (χ1v) is 6.91. The highest BCUT2D eigenvalue weighted by Crippen LogP contribution is 2.35. The fourth-order valence-electron chi connectivity index (χ4n) is 3.40. The van der Waals surface area contributed by atoms with Crippen LogP contribution in [0.1, 0.15) is 54.0 Å². The van der Waals surface area contributed by atoms with Crippen LogP contribution < -0.4 is 11.1 Å². The minimum Gasteiger partial charge on any atom is -0.398 e. The van der Waals surface area contributed by atoms with Crippen LogP contribution in [0.25, 0.3) is 0 Å². The van der Waals surface area contributed by atoms with E-state index >= 15 is 0 Å². The van der Waals surface area contributed by atoms with E-state index in [1.807, 2.05) is 0 Å². The highest BCUT2D eigenvalue weighted by atomic mass is 14.9. The maximum absolute atomic E-state index is 6.35. The molecule has 0 radical (unpaired) electrons. The van der Waals surface area contributed by atoms with E-state index in [2.05, 4.69) is 18.3 Å². The largest absolute Gasteiger partial charge is 0.398 e. The van der Waals surface area contributed by atoms with E-state index in [-0.39, 0.29) is 0 Å². The second-order valence-electron chi connectivity index (χ2n) is 5.50. The molecule has 1 heterocycles. The SMILES string of the molecule is Cc1c(N)c([C@H]2CCCN2)cc2c1CCCC2. The summed E-state index contributed by atoms with van der Waals surface area (Å²) >= 11 is 0. The zero-order valence-corrected chi connectivity index (χ0v) is 10.7. The molecular formula is C15H22N2. The van der Waals surface area contributed by atoms with Crippen molar-refractivity contribution in [3.8, 4) is 0 Å². The van der Waals surface area contributed by atoms with E-state index in [1.165, 1.54) is 55.2 Å². The van der Waals surface area contributed by atoms with E-state index < -0.39 is 0 Å². The van der Waals surface area contributed by atoms with Gasteiger partial charge in [-0.25, -0.2) is 0 Å². The Kier molecular flexibility index (Phi) is 2.83. The lowest BCUT2D eigenvalue weighted by Crippen LogP contribution is -2.17. The molecule has 3 rings (SSSR count). The molecule has 1 saturated heterocycles. The highest BCUT2D eigenvalue weighted by Gasteiger charge is 2.23. The summed E-state index contributed by atoms with van der Waals surface area (Å²) in [5.41, 5.74) is 13.2. The van der Waals surface area contributed by atoms with Gasteiger partial charge in [-0.3, -0.25) is 0 Å². The molecule has 3 N–H and O–H groups in total. The van der Waals surface area contributed by atoms with E-state index in [0.717, 1.165) is 12.2 Å². The third kappa shape index (κ3) is 1.85. The number of benzene rings is 1. The molecule has 1 aliphatic carbocycles. The summed E-state index contributed by atoms with van der Waals surface area (Å²) in [4.78, 5) is 0. The van der Waals surface area contributed by atoms with Crippen LogP contribution >= 0.6 is 0 Å². The zero-order valence-electron chi connectivity index (χ0n) is 10.7. The van der Waals surface area contributed by atoms with Gasteiger partial charge >= 0.3 is 0 Å². The Morgan fingerprint density at radius 3 is 2.82 bits per heavy atom. The van der Waals surface area contributed by atoms with Gasteiger partial charge in [0.2, 0.25) is 0 Å². The van der Waals surface area contributed by atoms with Gasteiger partial charge in [-0.2, -0.15) is 0 Å². The van der Waals surface area contributed by atoms with Gasteiger partial charge in [0.1, 0.15) is 0 Å². The average molecular weight is 230 g/mol. The molecule has 17 heavy (non-hydrogen) atoms. The number of nitrogen functional groups attached to an aromatic ring is 1. The molecule has 0 amide bonds. The molecular weight excluding hydrogens is 208 g/mol. The van der Waals surface area contributed by atoms with Crippen molar-refractivity contribution in [1.82, 2.24) is 5.32 Å². The maximum Gasteiger partial charge on any atom is 0.0395 e. The Bertz CT molecular complexity index is 431. The minimum atomic E-state index is 0.501. The lowest BCUT2D eigenvalue weighted by Gasteiger charge is -2.24. The molecule has 0 spiro atoms. The van der Waals surface area contributed by atoms with Gasteiger partial charge in [-0.15, -0.1) is 0 Å². The molecule has 1 aromatic carbocycles. The van der Waals surface area contributed by atoms with Crippen LogP contribution in [-0.4, -0.2) is 6.54 Å². The lowest BCUT2D eigenvalue weighted by molar-refractivity contribution is 0.639. The molecule has 1 aromatic rings. The quantitative estimate of drug-likeness (QED) is 0.728. The van der Waals surface area contributed by atoms with Crippen molar-refractivity contribution in [2.75, 3.05) is 12.3 Å². The lowest BCUT2D eigenvalue weighted by atomic mass is 9.84. The Morgan fingerprint density at radius 1 is 1.24 bits per heavy atom.